The summed E-state index contributed by atoms with van der Waals surface area (Å²) in [5, 5.41) is 10.7. The Balaban J connectivity index is 5.46. The van der Waals surface area contributed by atoms with E-state index in [1.807, 2.05) is 12.2 Å². The second-order valence-electron chi connectivity index (χ2n) is 27.3. The Bertz CT molecular complexity index is 2530. The number of phosphoric acid groups is 2. The van der Waals surface area contributed by atoms with E-state index in [0.717, 1.165) is 167 Å². The summed E-state index contributed by atoms with van der Waals surface area (Å²) >= 11 is 0. The zero-order chi connectivity index (χ0) is 77.4. The van der Waals surface area contributed by atoms with Crippen molar-refractivity contribution >= 4 is 39.5 Å². The molecule has 0 rings (SSSR count). The van der Waals surface area contributed by atoms with E-state index in [-0.39, 0.29) is 25.7 Å². The van der Waals surface area contributed by atoms with E-state index in [2.05, 4.69) is 149 Å². The molecular formula is C87H148O17P2. The summed E-state index contributed by atoms with van der Waals surface area (Å²) in [6.45, 7) is 4.63. The van der Waals surface area contributed by atoms with Gasteiger partial charge in [0, 0.05) is 25.7 Å². The lowest BCUT2D eigenvalue weighted by Gasteiger charge is -2.21. The highest BCUT2D eigenvalue weighted by molar-refractivity contribution is 7.47. The SMILES string of the molecule is CC/C=C\C/C=C\C/C=C\C/C=C\C/C=C\CCCCCC(=O)O[C@H](COC(=O)CCCCCCCCC/C=C\CCCCCC)COP(=O)(O)OC[C@H](O)COP(=O)(O)OC[C@@H](COC(=O)CCC/C=C\C/C=C\C/C=C\C/C=C\CCCCC)OC(=O)CCCCCCCCC/C=C\CCCCCC. The van der Waals surface area contributed by atoms with Crippen LogP contribution in [-0.4, -0.2) is 96.7 Å². The van der Waals surface area contributed by atoms with Gasteiger partial charge in [-0.25, -0.2) is 9.13 Å². The van der Waals surface area contributed by atoms with Crippen LogP contribution in [0.1, 0.15) is 336 Å². The molecule has 106 heavy (non-hydrogen) atoms. The van der Waals surface area contributed by atoms with Crippen LogP contribution >= 0.6 is 15.6 Å². The number of aliphatic hydroxyl groups excluding tert-OH is 1. The molecule has 0 amide bonds. The first-order valence-electron chi connectivity index (χ1n) is 41.4. The molecule has 0 saturated heterocycles. The van der Waals surface area contributed by atoms with E-state index in [4.69, 9.17) is 37.0 Å². The molecule has 0 aliphatic heterocycles. The number of hydrogen-bond donors (Lipinski definition) is 3. The molecule has 2 unspecified atom stereocenters. The predicted octanol–water partition coefficient (Wildman–Crippen LogP) is 24.4. The van der Waals surface area contributed by atoms with Crippen molar-refractivity contribution in [3.8, 4) is 0 Å². The standard InChI is InChI=1S/C87H148O17P2/c1-5-9-13-17-21-25-29-33-37-39-40-42-46-50-54-58-62-66-70-74-87(92)104-83(77-97-84(89)71-67-63-59-55-51-47-43-35-31-27-23-19-15-11-7-3)80-102-106(95,96)100-76-81(88)75-99-105(93,94)101-79-82(103-86(91)73-69-65-61-57-53-49-44-36-32-28-24-20-16-12-8-4)78-98-85(90)72-68-64-60-56-52-48-45-41-38-34-30-26-22-18-14-10-6-2/h9,13,21-22,25-28,31-34,37-38,40,42,45,48,50,54,56,60,81-83,88H,5-8,10-12,14-20,23-24,29-30,35-36,39,41,43-44,46-47,49,51-53,55,57-59,61-80H2,1-4H3,(H,93,94)(H,95,96)/b13-9-,25-21-,26-22-,31-27-,32-28-,37-33-,38-34-,42-40-,48-45-,54-50-,60-56-/t81-,82-,83-/m1/s1. The first-order chi connectivity index (χ1) is 51.7. The molecule has 0 aromatic rings. The smallest absolute Gasteiger partial charge is 0.462 e. The van der Waals surface area contributed by atoms with Crippen LogP contribution in [0.25, 0.3) is 0 Å². The molecule has 0 aliphatic carbocycles. The average molecular weight is 1530 g/mol. The molecule has 0 spiro atoms. The van der Waals surface area contributed by atoms with Crippen LogP contribution in [0, 0.1) is 0 Å². The summed E-state index contributed by atoms with van der Waals surface area (Å²) in [5.41, 5.74) is 0. The normalized spacial score (nSPS) is 14.5. The lowest BCUT2D eigenvalue weighted by molar-refractivity contribution is -0.161. The Kier molecular flexibility index (Phi) is 74.8. The van der Waals surface area contributed by atoms with E-state index < -0.39 is 97.5 Å². The summed E-state index contributed by atoms with van der Waals surface area (Å²) < 4.78 is 68.6. The number of carbonyl (C=O) groups excluding carboxylic acids is 4. The minimum atomic E-state index is -5.00. The van der Waals surface area contributed by atoms with Crippen molar-refractivity contribution in [2.24, 2.45) is 0 Å². The highest BCUT2D eigenvalue weighted by Crippen LogP contribution is 2.45. The van der Waals surface area contributed by atoms with E-state index in [9.17, 15) is 43.2 Å². The van der Waals surface area contributed by atoms with Gasteiger partial charge >= 0.3 is 39.5 Å². The maximum Gasteiger partial charge on any atom is 0.472 e. The average Bonchev–Trinajstić information content (AvgIpc) is 0.908. The minimum absolute atomic E-state index is 0.0513. The summed E-state index contributed by atoms with van der Waals surface area (Å²) in [6.07, 6.45) is 88.5. The summed E-state index contributed by atoms with van der Waals surface area (Å²) in [7, 11) is -9.99. The van der Waals surface area contributed by atoms with Crippen LogP contribution in [0.5, 0.6) is 0 Å². The van der Waals surface area contributed by atoms with Gasteiger partial charge in [0.05, 0.1) is 26.4 Å². The van der Waals surface area contributed by atoms with Crippen molar-refractivity contribution in [1.29, 1.82) is 0 Å². The van der Waals surface area contributed by atoms with Gasteiger partial charge in [-0.15, -0.1) is 0 Å². The van der Waals surface area contributed by atoms with Crippen LogP contribution in [0.2, 0.25) is 0 Å². The largest absolute Gasteiger partial charge is 0.472 e. The number of carbonyl (C=O) groups is 4. The Morgan fingerprint density at radius 3 is 0.830 bits per heavy atom. The molecule has 0 fully saturated rings. The number of ether oxygens (including phenoxy) is 4. The van der Waals surface area contributed by atoms with Crippen molar-refractivity contribution in [2.75, 3.05) is 39.6 Å². The highest BCUT2D eigenvalue weighted by Gasteiger charge is 2.30. The third-order valence-corrected chi connectivity index (χ3v) is 19.0. The fourth-order valence-corrected chi connectivity index (χ4v) is 12.3. The third kappa shape index (κ3) is 77.4. The Morgan fingerprint density at radius 1 is 0.274 bits per heavy atom. The minimum Gasteiger partial charge on any atom is -0.462 e. The second kappa shape index (κ2) is 78.3. The molecule has 0 saturated carbocycles. The molecule has 608 valence electrons. The third-order valence-electron chi connectivity index (χ3n) is 17.1. The maximum absolute atomic E-state index is 13.1. The fourth-order valence-electron chi connectivity index (χ4n) is 10.8. The number of esters is 4. The molecule has 0 aromatic heterocycles. The van der Waals surface area contributed by atoms with Crippen molar-refractivity contribution < 1.29 is 80.2 Å². The topological polar surface area (TPSA) is 237 Å². The number of hydrogen-bond acceptors (Lipinski definition) is 15. The van der Waals surface area contributed by atoms with Gasteiger partial charge in [-0.2, -0.15) is 0 Å². The summed E-state index contributed by atoms with van der Waals surface area (Å²) in [4.78, 5) is 73.1. The van der Waals surface area contributed by atoms with E-state index in [1.165, 1.54) is 83.5 Å². The highest BCUT2D eigenvalue weighted by atomic mass is 31.2. The molecule has 0 aliphatic rings. The quantitative estimate of drug-likeness (QED) is 0.0169. The van der Waals surface area contributed by atoms with Gasteiger partial charge in [0.2, 0.25) is 0 Å². The number of phosphoric ester groups is 2. The maximum atomic E-state index is 13.1. The molecular weight excluding hydrogens is 1380 g/mol. The van der Waals surface area contributed by atoms with Crippen molar-refractivity contribution in [2.45, 2.75) is 354 Å². The molecule has 0 radical (unpaired) electrons. The first kappa shape index (κ1) is 101. The van der Waals surface area contributed by atoms with E-state index in [1.54, 1.807) is 0 Å². The second-order valence-corrected chi connectivity index (χ2v) is 30.2. The van der Waals surface area contributed by atoms with Crippen molar-refractivity contribution in [3.63, 3.8) is 0 Å². The first-order valence-corrected chi connectivity index (χ1v) is 44.4. The number of allylic oxidation sites excluding steroid dienone is 22. The molecule has 19 heteroatoms. The van der Waals surface area contributed by atoms with Crippen LogP contribution in [0.15, 0.2) is 134 Å². The fraction of sp³-hybridized carbons (Fsp3) is 0.701. The van der Waals surface area contributed by atoms with Gasteiger partial charge in [0.25, 0.3) is 0 Å². The molecule has 0 heterocycles. The zero-order valence-electron chi connectivity index (χ0n) is 66.6. The predicted molar refractivity (Wildman–Crippen MR) is 436 cm³/mol. The van der Waals surface area contributed by atoms with Gasteiger partial charge in [-0.3, -0.25) is 37.3 Å². The summed E-state index contributed by atoms with van der Waals surface area (Å²) in [5.74, 6) is -2.28. The Morgan fingerprint density at radius 2 is 0.500 bits per heavy atom. The molecule has 3 N–H and O–H groups in total. The number of unbranched alkanes of at least 4 members (excludes halogenated alkanes) is 29. The van der Waals surface area contributed by atoms with Crippen LogP contribution < -0.4 is 0 Å². The van der Waals surface area contributed by atoms with Crippen molar-refractivity contribution in [3.05, 3.63) is 134 Å². The monoisotopic (exact) mass is 1530 g/mol. The van der Waals surface area contributed by atoms with Gasteiger partial charge in [-0.05, 0) is 161 Å². The lowest BCUT2D eigenvalue weighted by Crippen LogP contribution is -2.30. The zero-order valence-corrected chi connectivity index (χ0v) is 68.4. The van der Waals surface area contributed by atoms with Crippen LogP contribution in [-0.2, 0) is 65.4 Å². The Labute approximate surface area is 644 Å². The van der Waals surface area contributed by atoms with Gasteiger partial charge < -0.3 is 33.8 Å². The molecule has 0 bridgehead atoms. The van der Waals surface area contributed by atoms with E-state index >= 15 is 0 Å². The van der Waals surface area contributed by atoms with E-state index in [0.29, 0.717) is 32.1 Å². The molecule has 5 atom stereocenters. The molecule has 0 aromatic carbocycles. The van der Waals surface area contributed by atoms with Crippen molar-refractivity contribution in [1.82, 2.24) is 0 Å². The van der Waals surface area contributed by atoms with Gasteiger partial charge in [0.15, 0.2) is 12.2 Å². The summed E-state index contributed by atoms with van der Waals surface area (Å²) in [6, 6.07) is 0. The number of rotatable bonds is 77. The van der Waals surface area contributed by atoms with Crippen LogP contribution in [0.3, 0.4) is 0 Å². The molecule has 17 nitrogen and oxygen atoms in total. The Hall–Kier alpha value is -4.80. The van der Waals surface area contributed by atoms with Crippen LogP contribution in [0.4, 0.5) is 0 Å². The lowest BCUT2D eigenvalue weighted by atomic mass is 10.1. The van der Waals surface area contributed by atoms with Gasteiger partial charge in [-0.1, -0.05) is 283 Å². The number of aliphatic hydroxyl groups is 1. The van der Waals surface area contributed by atoms with Gasteiger partial charge in [0.1, 0.15) is 19.3 Å².